The van der Waals surface area contributed by atoms with Crippen LogP contribution in [0.2, 0.25) is 0 Å². The zero-order valence-electron chi connectivity index (χ0n) is 10.9. The fourth-order valence-electron chi connectivity index (χ4n) is 1.69. The van der Waals surface area contributed by atoms with Crippen LogP contribution in [0.1, 0.15) is 33.6 Å². The van der Waals surface area contributed by atoms with Crippen LogP contribution in [0, 0.1) is 30.1 Å². The average Bonchev–Trinajstić information content (AvgIpc) is 2.33. The second-order valence-corrected chi connectivity index (χ2v) is 4.38. The third kappa shape index (κ3) is 4.75. The van der Waals surface area contributed by atoms with Crippen molar-refractivity contribution in [3.63, 3.8) is 0 Å². The van der Waals surface area contributed by atoms with E-state index in [4.69, 9.17) is 6.42 Å². The number of hydrogen-bond donors (Lipinski definition) is 0. The summed E-state index contributed by atoms with van der Waals surface area (Å²) in [4.78, 5) is 4.55. The Bertz CT molecular complexity index is 458. The first kappa shape index (κ1) is 13.3. The molecule has 0 fully saturated rings. The molecule has 0 aromatic heterocycles. The maximum absolute atomic E-state index is 5.31. The van der Waals surface area contributed by atoms with Gasteiger partial charge in [-0.3, -0.25) is 4.99 Å². The molecule has 0 saturated carbocycles. The number of terminal acetylenes is 1. The molecule has 88 valence electrons. The number of nitrogens with zero attached hydrogens (tertiary/aromatic N) is 1. The van der Waals surface area contributed by atoms with Crippen LogP contribution in [0.5, 0.6) is 0 Å². The summed E-state index contributed by atoms with van der Waals surface area (Å²) in [5.41, 5.74) is 3.46. The first-order chi connectivity index (χ1) is 8.13. The molecule has 0 aromatic rings. The van der Waals surface area contributed by atoms with E-state index in [9.17, 15) is 0 Å². The molecule has 1 heterocycles. The van der Waals surface area contributed by atoms with Gasteiger partial charge in [-0.05, 0) is 26.3 Å². The zero-order valence-corrected chi connectivity index (χ0v) is 10.9. The third-order valence-electron chi connectivity index (χ3n) is 2.75. The molecule has 17 heavy (non-hydrogen) atoms. The van der Waals surface area contributed by atoms with Crippen molar-refractivity contribution in [3.8, 4) is 24.2 Å². The number of rotatable bonds is 2. The van der Waals surface area contributed by atoms with Gasteiger partial charge in [0, 0.05) is 24.5 Å². The first-order valence-electron chi connectivity index (χ1n) is 5.91. The van der Waals surface area contributed by atoms with E-state index in [2.05, 4.69) is 48.8 Å². The molecule has 0 saturated heterocycles. The van der Waals surface area contributed by atoms with Crippen LogP contribution in [0.3, 0.4) is 0 Å². The highest BCUT2D eigenvalue weighted by Gasteiger charge is 2.08. The molecule has 1 aliphatic rings. The minimum atomic E-state index is 0.301. The Kier molecular flexibility index (Phi) is 5.31. The number of aliphatic imine (C=N–C) groups is 1. The second-order valence-electron chi connectivity index (χ2n) is 4.38. The Morgan fingerprint density at radius 1 is 1.65 bits per heavy atom. The van der Waals surface area contributed by atoms with Crippen LogP contribution in [-0.2, 0) is 0 Å². The summed E-state index contributed by atoms with van der Waals surface area (Å²) in [5.74, 6) is 9.32. The molecule has 0 bridgehead atoms. The highest BCUT2D eigenvalue weighted by Crippen LogP contribution is 2.13. The van der Waals surface area contributed by atoms with Crippen LogP contribution < -0.4 is 0 Å². The van der Waals surface area contributed by atoms with Gasteiger partial charge >= 0.3 is 0 Å². The SMILES string of the molecule is C#CC/C(C)=C\C1CC#C/C(C)=C\CN=C1C. The lowest BCUT2D eigenvalue weighted by atomic mass is 9.97. The smallest absolute Gasteiger partial charge is 0.0581 e. The molecule has 1 rings (SSSR count). The maximum atomic E-state index is 5.31. The number of allylic oxidation sites excluding steroid dienone is 3. The fraction of sp³-hybridized carbons (Fsp3) is 0.438. The Balaban J connectivity index is 2.88. The van der Waals surface area contributed by atoms with Gasteiger partial charge in [0.1, 0.15) is 0 Å². The molecule has 1 nitrogen and oxygen atoms in total. The minimum Gasteiger partial charge on any atom is -0.290 e. The first-order valence-corrected chi connectivity index (χ1v) is 5.91. The Hall–Kier alpha value is -1.73. The quantitative estimate of drug-likeness (QED) is 0.504. The van der Waals surface area contributed by atoms with Crippen LogP contribution in [0.4, 0.5) is 0 Å². The van der Waals surface area contributed by atoms with Crippen molar-refractivity contribution in [1.82, 2.24) is 0 Å². The monoisotopic (exact) mass is 225 g/mol. The average molecular weight is 225 g/mol. The van der Waals surface area contributed by atoms with Crippen LogP contribution >= 0.6 is 0 Å². The van der Waals surface area contributed by atoms with Gasteiger partial charge in [-0.15, -0.1) is 12.3 Å². The molecular formula is C16H19N. The molecule has 0 aliphatic carbocycles. The van der Waals surface area contributed by atoms with Gasteiger partial charge in [-0.2, -0.15) is 0 Å². The molecular weight excluding hydrogens is 206 g/mol. The molecule has 1 heteroatoms. The molecule has 0 N–H and O–H groups in total. The summed E-state index contributed by atoms with van der Waals surface area (Å²) >= 11 is 0. The van der Waals surface area contributed by atoms with E-state index in [1.54, 1.807) is 0 Å². The Morgan fingerprint density at radius 3 is 3.12 bits per heavy atom. The Morgan fingerprint density at radius 2 is 2.41 bits per heavy atom. The summed E-state index contributed by atoms with van der Waals surface area (Å²) in [7, 11) is 0. The van der Waals surface area contributed by atoms with Crippen molar-refractivity contribution in [1.29, 1.82) is 0 Å². The normalized spacial score (nSPS) is 23.9. The van der Waals surface area contributed by atoms with Gasteiger partial charge in [-0.1, -0.05) is 29.6 Å². The van der Waals surface area contributed by atoms with Crippen molar-refractivity contribution in [2.24, 2.45) is 10.9 Å². The van der Waals surface area contributed by atoms with Crippen molar-refractivity contribution in [2.75, 3.05) is 6.54 Å². The second kappa shape index (κ2) is 6.77. The zero-order chi connectivity index (χ0) is 12.7. The molecule has 0 radical (unpaired) electrons. The third-order valence-corrected chi connectivity index (χ3v) is 2.75. The van der Waals surface area contributed by atoms with E-state index in [1.807, 2.05) is 6.92 Å². The van der Waals surface area contributed by atoms with Gasteiger partial charge < -0.3 is 0 Å². The van der Waals surface area contributed by atoms with Gasteiger partial charge in [0.05, 0.1) is 6.54 Å². The van der Waals surface area contributed by atoms with Crippen LogP contribution in [0.15, 0.2) is 28.3 Å². The summed E-state index contributed by atoms with van der Waals surface area (Å²) in [6, 6.07) is 0. The van der Waals surface area contributed by atoms with Gasteiger partial charge in [0.25, 0.3) is 0 Å². The van der Waals surface area contributed by atoms with Crippen molar-refractivity contribution < 1.29 is 0 Å². The highest BCUT2D eigenvalue weighted by atomic mass is 14.7. The van der Waals surface area contributed by atoms with Gasteiger partial charge in [0.15, 0.2) is 0 Å². The van der Waals surface area contributed by atoms with E-state index >= 15 is 0 Å². The Labute approximate surface area is 105 Å². The van der Waals surface area contributed by atoms with E-state index in [1.165, 1.54) is 5.57 Å². The molecule has 1 aliphatic heterocycles. The van der Waals surface area contributed by atoms with Crippen molar-refractivity contribution in [3.05, 3.63) is 23.3 Å². The largest absolute Gasteiger partial charge is 0.290 e. The van der Waals surface area contributed by atoms with Gasteiger partial charge in [-0.25, -0.2) is 0 Å². The lowest BCUT2D eigenvalue weighted by molar-refractivity contribution is 0.873. The van der Waals surface area contributed by atoms with Crippen LogP contribution in [-0.4, -0.2) is 12.3 Å². The molecule has 0 spiro atoms. The lowest BCUT2D eigenvalue weighted by Gasteiger charge is -2.10. The van der Waals surface area contributed by atoms with Crippen LogP contribution in [0.25, 0.3) is 0 Å². The van der Waals surface area contributed by atoms with Gasteiger partial charge in [0.2, 0.25) is 0 Å². The topological polar surface area (TPSA) is 12.4 Å². The predicted octanol–water partition coefficient (Wildman–Crippen LogP) is 3.39. The van der Waals surface area contributed by atoms with Crippen molar-refractivity contribution >= 4 is 5.71 Å². The summed E-state index contributed by atoms with van der Waals surface area (Å²) in [6.45, 7) is 6.89. The summed E-state index contributed by atoms with van der Waals surface area (Å²) in [5, 5.41) is 0. The van der Waals surface area contributed by atoms with E-state index in [-0.39, 0.29) is 0 Å². The predicted molar refractivity (Wildman–Crippen MR) is 74.8 cm³/mol. The molecule has 0 aromatic carbocycles. The summed E-state index contributed by atoms with van der Waals surface area (Å²) in [6.07, 6.45) is 11.1. The van der Waals surface area contributed by atoms with E-state index in [0.717, 1.165) is 24.3 Å². The molecule has 1 unspecified atom stereocenters. The molecule has 1 atom stereocenters. The van der Waals surface area contributed by atoms with E-state index < -0.39 is 0 Å². The number of hydrogen-bond acceptors (Lipinski definition) is 1. The fourth-order valence-corrected chi connectivity index (χ4v) is 1.69. The summed E-state index contributed by atoms with van der Waals surface area (Å²) < 4.78 is 0. The minimum absolute atomic E-state index is 0.301. The lowest BCUT2D eigenvalue weighted by Crippen LogP contribution is -2.09. The van der Waals surface area contributed by atoms with Crippen molar-refractivity contribution in [2.45, 2.75) is 33.6 Å². The van der Waals surface area contributed by atoms with E-state index in [0.29, 0.717) is 12.3 Å². The molecule has 0 amide bonds. The highest BCUT2D eigenvalue weighted by molar-refractivity contribution is 5.86. The maximum Gasteiger partial charge on any atom is 0.0581 e. The standard InChI is InChI=1S/C16H19N/c1-5-7-14(3)12-16-9-6-8-13(2)10-11-17-15(16)4/h1,10,12,16H,7,9,11H2,2-4H3/b13-10-,14-12-,17-15?.